The van der Waals surface area contributed by atoms with Crippen LogP contribution in [0.4, 0.5) is 0 Å². The Labute approximate surface area is 137 Å². The summed E-state index contributed by atoms with van der Waals surface area (Å²) in [5, 5.41) is 7.67. The lowest BCUT2D eigenvalue weighted by Crippen LogP contribution is -2.40. The van der Waals surface area contributed by atoms with Crippen molar-refractivity contribution in [3.05, 3.63) is 47.5 Å². The maximum absolute atomic E-state index is 4.40. The molecule has 1 aromatic carbocycles. The highest BCUT2D eigenvalue weighted by Gasteiger charge is 2.40. The van der Waals surface area contributed by atoms with Gasteiger partial charge in [0, 0.05) is 33.1 Å². The number of aliphatic imine (C=N–C) groups is 1. The summed E-state index contributed by atoms with van der Waals surface area (Å²) in [5.41, 5.74) is 2.81. The maximum atomic E-state index is 4.40. The molecule has 0 saturated heterocycles. The average molecular weight is 312 g/mol. The fraction of sp³-hybridized carbons (Fsp3) is 0.471. The van der Waals surface area contributed by atoms with Crippen LogP contribution in [-0.2, 0) is 13.6 Å². The summed E-state index contributed by atoms with van der Waals surface area (Å²) in [6.45, 7) is 2.86. The molecule has 3 rings (SSSR count). The second kappa shape index (κ2) is 6.40. The van der Waals surface area contributed by atoms with E-state index in [1.165, 1.54) is 11.1 Å². The van der Waals surface area contributed by atoms with E-state index in [0.29, 0.717) is 18.5 Å². The quantitative estimate of drug-likeness (QED) is 0.689. The summed E-state index contributed by atoms with van der Waals surface area (Å²) in [4.78, 5) is 10.8. The van der Waals surface area contributed by atoms with E-state index in [1.54, 1.807) is 11.0 Å². The molecular formula is C17H24N6. The van der Waals surface area contributed by atoms with E-state index < -0.39 is 0 Å². The molecular weight excluding hydrogens is 288 g/mol. The van der Waals surface area contributed by atoms with Gasteiger partial charge in [0.05, 0.1) is 6.54 Å². The molecule has 6 heteroatoms. The van der Waals surface area contributed by atoms with Crippen molar-refractivity contribution < 1.29 is 0 Å². The molecule has 1 aliphatic rings. The van der Waals surface area contributed by atoms with Crippen LogP contribution in [-0.4, -0.2) is 45.8 Å². The third kappa shape index (κ3) is 3.36. The monoisotopic (exact) mass is 312 g/mol. The van der Waals surface area contributed by atoms with Crippen LogP contribution in [0.15, 0.2) is 35.6 Å². The second-order valence-corrected chi connectivity index (χ2v) is 6.15. The van der Waals surface area contributed by atoms with Crippen LogP contribution >= 0.6 is 0 Å². The molecule has 1 aromatic heterocycles. The van der Waals surface area contributed by atoms with Crippen LogP contribution in [0.2, 0.25) is 0 Å². The molecule has 1 saturated carbocycles. The predicted octanol–water partition coefficient (Wildman–Crippen LogP) is 1.69. The molecule has 1 aliphatic carbocycles. The third-order valence-corrected chi connectivity index (χ3v) is 4.45. The van der Waals surface area contributed by atoms with E-state index in [4.69, 9.17) is 0 Å². The minimum Gasteiger partial charge on any atom is -0.353 e. The number of aromatic nitrogens is 3. The minimum atomic E-state index is 0.455. The normalized spacial score (nSPS) is 20.4. The van der Waals surface area contributed by atoms with Gasteiger partial charge in [0.15, 0.2) is 5.96 Å². The number of hydrogen-bond acceptors (Lipinski definition) is 3. The highest BCUT2D eigenvalue weighted by molar-refractivity contribution is 5.80. The van der Waals surface area contributed by atoms with Crippen LogP contribution in [0.25, 0.3) is 0 Å². The van der Waals surface area contributed by atoms with Crippen molar-refractivity contribution >= 4 is 5.96 Å². The first-order chi connectivity index (χ1) is 11.1. The van der Waals surface area contributed by atoms with Crippen LogP contribution in [0, 0.1) is 6.92 Å². The Bertz CT molecular complexity index is 705. The Hall–Kier alpha value is -2.37. The molecule has 0 aliphatic heterocycles. The molecule has 2 aromatic rings. The third-order valence-electron chi connectivity index (χ3n) is 4.45. The van der Waals surface area contributed by atoms with Gasteiger partial charge >= 0.3 is 0 Å². The van der Waals surface area contributed by atoms with Crippen molar-refractivity contribution in [1.29, 1.82) is 0 Å². The van der Waals surface area contributed by atoms with Gasteiger partial charge in [-0.3, -0.25) is 9.67 Å². The van der Waals surface area contributed by atoms with Gasteiger partial charge in [-0.2, -0.15) is 5.10 Å². The van der Waals surface area contributed by atoms with E-state index in [0.717, 1.165) is 18.2 Å². The Morgan fingerprint density at radius 2 is 2.22 bits per heavy atom. The van der Waals surface area contributed by atoms with Gasteiger partial charge < -0.3 is 10.2 Å². The van der Waals surface area contributed by atoms with Gasteiger partial charge in [0.2, 0.25) is 0 Å². The molecule has 6 nitrogen and oxygen atoms in total. The van der Waals surface area contributed by atoms with Gasteiger partial charge in [-0.05, 0) is 24.5 Å². The first-order valence-electron chi connectivity index (χ1n) is 7.93. The number of guanidine groups is 1. The highest BCUT2D eigenvalue weighted by atomic mass is 15.4. The molecule has 0 bridgehead atoms. The van der Waals surface area contributed by atoms with Crippen LogP contribution in [0.5, 0.6) is 0 Å². The minimum absolute atomic E-state index is 0.455. The van der Waals surface area contributed by atoms with Crippen molar-refractivity contribution in [2.45, 2.75) is 31.8 Å². The van der Waals surface area contributed by atoms with Gasteiger partial charge in [-0.1, -0.05) is 24.3 Å². The van der Waals surface area contributed by atoms with E-state index in [2.05, 4.69) is 56.5 Å². The van der Waals surface area contributed by atoms with Gasteiger partial charge in [0.25, 0.3) is 0 Å². The number of nitrogens with zero attached hydrogens (tertiary/aromatic N) is 5. The lowest BCUT2D eigenvalue weighted by Gasteiger charge is -2.21. The van der Waals surface area contributed by atoms with Gasteiger partial charge in [0.1, 0.15) is 12.2 Å². The summed E-state index contributed by atoms with van der Waals surface area (Å²) >= 11 is 0. The first-order valence-corrected chi connectivity index (χ1v) is 7.93. The lowest BCUT2D eigenvalue weighted by molar-refractivity contribution is 0.447. The fourth-order valence-electron chi connectivity index (χ4n) is 2.96. The largest absolute Gasteiger partial charge is 0.353 e. The van der Waals surface area contributed by atoms with Crippen molar-refractivity contribution in [1.82, 2.24) is 25.0 Å². The van der Waals surface area contributed by atoms with E-state index in [1.807, 2.05) is 21.1 Å². The number of rotatable bonds is 4. The number of benzene rings is 1. The summed E-state index contributed by atoms with van der Waals surface area (Å²) < 4.78 is 1.79. The van der Waals surface area contributed by atoms with Crippen LogP contribution < -0.4 is 5.32 Å². The number of aryl methyl sites for hydroxylation is 2. The Morgan fingerprint density at radius 1 is 1.43 bits per heavy atom. The summed E-state index contributed by atoms with van der Waals surface area (Å²) in [7, 11) is 5.75. The summed E-state index contributed by atoms with van der Waals surface area (Å²) in [6.07, 6.45) is 2.73. The predicted molar refractivity (Wildman–Crippen MR) is 91.3 cm³/mol. The molecule has 0 radical (unpaired) electrons. The molecule has 0 amide bonds. The van der Waals surface area contributed by atoms with E-state index in [9.17, 15) is 0 Å². The maximum Gasteiger partial charge on any atom is 0.194 e. The molecule has 122 valence electrons. The number of hydrogen-bond donors (Lipinski definition) is 1. The van der Waals surface area contributed by atoms with Crippen molar-refractivity contribution in [2.75, 3.05) is 14.1 Å². The smallest absolute Gasteiger partial charge is 0.194 e. The lowest BCUT2D eigenvalue weighted by atomic mass is 10.0. The Kier molecular flexibility index (Phi) is 4.32. The molecule has 1 fully saturated rings. The topological polar surface area (TPSA) is 58.3 Å². The Morgan fingerprint density at radius 3 is 2.87 bits per heavy atom. The second-order valence-electron chi connectivity index (χ2n) is 6.15. The zero-order valence-corrected chi connectivity index (χ0v) is 14.2. The zero-order valence-electron chi connectivity index (χ0n) is 14.2. The molecule has 1 heterocycles. The molecule has 23 heavy (non-hydrogen) atoms. The highest BCUT2D eigenvalue weighted by Crippen LogP contribution is 2.42. The molecule has 0 spiro atoms. The summed E-state index contributed by atoms with van der Waals surface area (Å²) in [5.74, 6) is 2.40. The SMILES string of the molecule is CN=C(NC1CC1c1ccccc1C)N(C)Cc1ncnn1C. The van der Waals surface area contributed by atoms with Crippen molar-refractivity contribution in [3.8, 4) is 0 Å². The first kappa shape index (κ1) is 15.5. The van der Waals surface area contributed by atoms with Crippen LogP contribution in [0.3, 0.4) is 0 Å². The van der Waals surface area contributed by atoms with Crippen molar-refractivity contribution in [2.24, 2.45) is 12.0 Å². The fourth-order valence-corrected chi connectivity index (χ4v) is 2.96. The van der Waals surface area contributed by atoms with E-state index in [-0.39, 0.29) is 0 Å². The molecule has 2 unspecified atom stereocenters. The van der Waals surface area contributed by atoms with Gasteiger partial charge in [-0.25, -0.2) is 4.98 Å². The number of nitrogens with one attached hydrogen (secondary N) is 1. The molecule has 1 N–H and O–H groups in total. The molecule has 2 atom stereocenters. The van der Waals surface area contributed by atoms with Crippen LogP contribution in [0.1, 0.15) is 29.3 Å². The zero-order chi connectivity index (χ0) is 16.4. The standard InChI is InChI=1S/C17H24N6/c1-12-7-5-6-8-13(12)14-9-15(14)21-17(18-2)22(3)10-16-19-11-20-23(16)4/h5-8,11,14-15H,9-10H2,1-4H3,(H,18,21). The van der Waals surface area contributed by atoms with E-state index >= 15 is 0 Å². The van der Waals surface area contributed by atoms with Gasteiger partial charge in [-0.15, -0.1) is 0 Å². The average Bonchev–Trinajstić information content (AvgIpc) is 3.19. The summed E-state index contributed by atoms with van der Waals surface area (Å²) in [6, 6.07) is 9.08. The van der Waals surface area contributed by atoms with Crippen molar-refractivity contribution in [3.63, 3.8) is 0 Å². The Balaban J connectivity index is 1.61.